The molecule has 2 aromatic heterocycles. The molecular formula is C10H11N3O. The van der Waals surface area contributed by atoms with Gasteiger partial charge in [-0.05, 0) is 19.8 Å². The van der Waals surface area contributed by atoms with E-state index in [2.05, 4.69) is 10.1 Å². The maximum atomic E-state index is 11.6. The lowest BCUT2D eigenvalue weighted by atomic mass is 10.3. The summed E-state index contributed by atoms with van der Waals surface area (Å²) in [5.41, 5.74) is 2.64. The molecule has 1 aliphatic rings. The summed E-state index contributed by atoms with van der Waals surface area (Å²) < 4.78 is 1.49. The van der Waals surface area contributed by atoms with Crippen molar-refractivity contribution in [2.75, 3.05) is 0 Å². The van der Waals surface area contributed by atoms with Crippen molar-refractivity contribution >= 4 is 5.65 Å². The number of aromatic nitrogens is 3. The topological polar surface area (TPSA) is 50.2 Å². The third kappa shape index (κ3) is 1.07. The minimum absolute atomic E-state index is 0.00926. The molecule has 1 N–H and O–H groups in total. The first-order valence-electron chi connectivity index (χ1n) is 4.83. The number of nitrogens with one attached hydrogen (secondary N) is 1. The lowest BCUT2D eigenvalue weighted by molar-refractivity contribution is 0.860. The first-order valence-corrected chi connectivity index (χ1v) is 4.83. The van der Waals surface area contributed by atoms with Gasteiger partial charge in [0.2, 0.25) is 0 Å². The fraction of sp³-hybridized carbons (Fsp3) is 0.400. The predicted octanol–water partition coefficient (Wildman–Crippen LogP) is 1.21. The number of aromatic amines is 1. The van der Waals surface area contributed by atoms with E-state index < -0.39 is 0 Å². The van der Waals surface area contributed by atoms with Crippen LogP contribution >= 0.6 is 0 Å². The van der Waals surface area contributed by atoms with Gasteiger partial charge in [0.05, 0.1) is 5.69 Å². The largest absolute Gasteiger partial charge is 0.294 e. The number of nitrogens with zero attached hydrogens (tertiary/aromatic N) is 2. The number of aryl methyl sites for hydroxylation is 1. The molecule has 1 saturated carbocycles. The zero-order valence-corrected chi connectivity index (χ0v) is 7.95. The highest BCUT2D eigenvalue weighted by Gasteiger charge is 2.25. The van der Waals surface area contributed by atoms with Crippen molar-refractivity contribution < 1.29 is 0 Å². The molecule has 72 valence electrons. The fourth-order valence-electron chi connectivity index (χ4n) is 1.72. The van der Waals surface area contributed by atoms with E-state index in [0.29, 0.717) is 5.92 Å². The van der Waals surface area contributed by atoms with Crippen LogP contribution in [-0.4, -0.2) is 14.6 Å². The molecule has 0 spiro atoms. The summed E-state index contributed by atoms with van der Waals surface area (Å²) in [6.45, 7) is 1.92. The molecule has 2 aromatic rings. The van der Waals surface area contributed by atoms with Gasteiger partial charge in [-0.3, -0.25) is 9.89 Å². The third-order valence-electron chi connectivity index (χ3n) is 2.59. The Bertz CT molecular complexity index is 548. The highest BCUT2D eigenvalue weighted by Crippen LogP contribution is 2.38. The molecule has 2 heterocycles. The normalized spacial score (nSPS) is 16.4. The average Bonchev–Trinajstić information content (AvgIpc) is 2.89. The molecule has 1 fully saturated rings. The average molecular weight is 189 g/mol. The van der Waals surface area contributed by atoms with Crippen LogP contribution in [0.2, 0.25) is 0 Å². The van der Waals surface area contributed by atoms with E-state index in [-0.39, 0.29) is 5.56 Å². The van der Waals surface area contributed by atoms with Crippen LogP contribution in [0.3, 0.4) is 0 Å². The number of H-pyrrole nitrogens is 1. The van der Waals surface area contributed by atoms with E-state index in [0.717, 1.165) is 17.0 Å². The molecule has 0 saturated heterocycles. The van der Waals surface area contributed by atoms with Crippen LogP contribution in [-0.2, 0) is 0 Å². The molecule has 1 aliphatic carbocycles. The zero-order chi connectivity index (χ0) is 9.71. The highest BCUT2D eigenvalue weighted by molar-refractivity contribution is 5.40. The molecule has 14 heavy (non-hydrogen) atoms. The van der Waals surface area contributed by atoms with Gasteiger partial charge in [-0.2, -0.15) is 0 Å². The molecule has 0 aromatic carbocycles. The number of fused-ring (bicyclic) bond motifs is 1. The van der Waals surface area contributed by atoms with E-state index in [4.69, 9.17) is 0 Å². The molecule has 0 atom stereocenters. The third-order valence-corrected chi connectivity index (χ3v) is 2.59. The Kier molecular flexibility index (Phi) is 1.37. The Labute approximate surface area is 80.6 Å². The van der Waals surface area contributed by atoms with Crippen LogP contribution in [0, 0.1) is 6.92 Å². The van der Waals surface area contributed by atoms with Gasteiger partial charge in [0.15, 0.2) is 5.65 Å². The van der Waals surface area contributed by atoms with Gasteiger partial charge in [-0.15, -0.1) is 0 Å². The Morgan fingerprint density at radius 2 is 2.29 bits per heavy atom. The predicted molar refractivity (Wildman–Crippen MR) is 52.5 cm³/mol. The molecule has 0 bridgehead atoms. The molecule has 4 nitrogen and oxygen atoms in total. The van der Waals surface area contributed by atoms with Crippen LogP contribution in [0.15, 0.2) is 16.9 Å². The first-order chi connectivity index (χ1) is 6.74. The second-order valence-corrected chi connectivity index (χ2v) is 3.93. The van der Waals surface area contributed by atoms with E-state index in [9.17, 15) is 4.79 Å². The maximum Gasteiger partial charge on any atom is 0.272 e. The van der Waals surface area contributed by atoms with Gasteiger partial charge >= 0.3 is 0 Å². The zero-order valence-electron chi connectivity index (χ0n) is 7.95. The van der Waals surface area contributed by atoms with Crippen molar-refractivity contribution in [2.45, 2.75) is 25.7 Å². The maximum absolute atomic E-state index is 11.6. The second-order valence-electron chi connectivity index (χ2n) is 3.93. The van der Waals surface area contributed by atoms with Crippen LogP contribution in [0.1, 0.15) is 30.1 Å². The standard InChI is InChI=1S/C10H11N3O/c1-6-4-9-11-8(7-2-3-7)5-10(14)13(9)12-6/h4-5,7,12H,2-3H2,1H3. The van der Waals surface area contributed by atoms with Crippen molar-refractivity contribution in [2.24, 2.45) is 0 Å². The van der Waals surface area contributed by atoms with Gasteiger partial charge in [0, 0.05) is 23.7 Å². The molecule has 0 radical (unpaired) electrons. The summed E-state index contributed by atoms with van der Waals surface area (Å²) in [4.78, 5) is 16.1. The number of rotatable bonds is 1. The molecule has 4 heteroatoms. The Hall–Kier alpha value is -1.58. The van der Waals surface area contributed by atoms with Crippen LogP contribution in [0.5, 0.6) is 0 Å². The van der Waals surface area contributed by atoms with E-state index in [1.807, 2.05) is 13.0 Å². The number of hydrogen-bond acceptors (Lipinski definition) is 2. The second kappa shape index (κ2) is 2.47. The lowest BCUT2D eigenvalue weighted by Gasteiger charge is -1.96. The van der Waals surface area contributed by atoms with Gasteiger partial charge in [0.1, 0.15) is 0 Å². The van der Waals surface area contributed by atoms with Crippen LogP contribution in [0.25, 0.3) is 5.65 Å². The van der Waals surface area contributed by atoms with Crippen molar-refractivity contribution in [3.05, 3.63) is 33.9 Å². The smallest absolute Gasteiger partial charge is 0.272 e. The van der Waals surface area contributed by atoms with Gasteiger partial charge in [-0.1, -0.05) is 0 Å². The Balaban J connectivity index is 2.32. The molecular weight excluding hydrogens is 178 g/mol. The van der Waals surface area contributed by atoms with Gasteiger partial charge < -0.3 is 0 Å². The van der Waals surface area contributed by atoms with Crippen molar-refractivity contribution in [3.63, 3.8) is 0 Å². The van der Waals surface area contributed by atoms with Crippen molar-refractivity contribution in [3.8, 4) is 0 Å². The summed E-state index contributed by atoms with van der Waals surface area (Å²) in [7, 11) is 0. The summed E-state index contributed by atoms with van der Waals surface area (Å²) in [6, 6.07) is 3.54. The highest BCUT2D eigenvalue weighted by atomic mass is 16.1. The van der Waals surface area contributed by atoms with Crippen LogP contribution in [0.4, 0.5) is 0 Å². The minimum atomic E-state index is -0.00926. The lowest BCUT2D eigenvalue weighted by Crippen LogP contribution is -2.15. The summed E-state index contributed by atoms with van der Waals surface area (Å²) >= 11 is 0. The van der Waals surface area contributed by atoms with E-state index >= 15 is 0 Å². The number of hydrogen-bond donors (Lipinski definition) is 1. The van der Waals surface area contributed by atoms with Crippen molar-refractivity contribution in [1.82, 2.24) is 14.6 Å². The van der Waals surface area contributed by atoms with Gasteiger partial charge in [0.25, 0.3) is 5.56 Å². The SMILES string of the molecule is Cc1cc2nc(C3CC3)cc(=O)n2[nH]1. The molecule has 3 rings (SSSR count). The minimum Gasteiger partial charge on any atom is -0.294 e. The summed E-state index contributed by atoms with van der Waals surface area (Å²) in [6.07, 6.45) is 2.35. The Morgan fingerprint density at radius 1 is 1.50 bits per heavy atom. The summed E-state index contributed by atoms with van der Waals surface area (Å²) in [5, 5.41) is 2.95. The molecule has 0 aliphatic heterocycles. The first kappa shape index (κ1) is 7.79. The van der Waals surface area contributed by atoms with Crippen molar-refractivity contribution in [1.29, 1.82) is 0 Å². The summed E-state index contributed by atoms with van der Waals surface area (Å²) in [5.74, 6) is 0.530. The van der Waals surface area contributed by atoms with E-state index in [1.165, 1.54) is 17.4 Å². The molecule has 0 unspecified atom stereocenters. The molecule has 0 amide bonds. The Morgan fingerprint density at radius 3 is 3.00 bits per heavy atom. The quantitative estimate of drug-likeness (QED) is 0.733. The van der Waals surface area contributed by atoms with Crippen LogP contribution < -0.4 is 5.56 Å². The fourth-order valence-corrected chi connectivity index (χ4v) is 1.72. The van der Waals surface area contributed by atoms with E-state index in [1.54, 1.807) is 6.07 Å². The van der Waals surface area contributed by atoms with Gasteiger partial charge in [-0.25, -0.2) is 9.50 Å². The monoisotopic (exact) mass is 189 g/mol.